The van der Waals surface area contributed by atoms with E-state index in [0.29, 0.717) is 0 Å². The molecular weight excluding hydrogens is 386 g/mol. The van der Waals surface area contributed by atoms with Gasteiger partial charge < -0.3 is 10.1 Å². The SMILES string of the molecule is CC(C)(CNCc1ncc(Br)cc1Br)N1CCOCC1. The van der Waals surface area contributed by atoms with Crippen LogP contribution in [0.4, 0.5) is 0 Å². The Morgan fingerprint density at radius 1 is 1.35 bits per heavy atom. The Morgan fingerprint density at radius 3 is 2.70 bits per heavy atom. The molecule has 2 heterocycles. The van der Waals surface area contributed by atoms with Crippen LogP contribution in [0.3, 0.4) is 0 Å². The number of morpholine rings is 1. The molecular formula is C14H21Br2N3O. The highest BCUT2D eigenvalue weighted by Gasteiger charge is 2.27. The van der Waals surface area contributed by atoms with E-state index in [2.05, 4.69) is 60.9 Å². The lowest BCUT2D eigenvalue weighted by molar-refractivity contribution is -0.00969. The third-order valence-electron chi connectivity index (χ3n) is 3.60. The van der Waals surface area contributed by atoms with E-state index >= 15 is 0 Å². The lowest BCUT2D eigenvalue weighted by Crippen LogP contribution is -2.54. The van der Waals surface area contributed by atoms with Crippen molar-refractivity contribution >= 4 is 31.9 Å². The van der Waals surface area contributed by atoms with Crippen molar-refractivity contribution in [3.63, 3.8) is 0 Å². The van der Waals surface area contributed by atoms with Crippen molar-refractivity contribution in [1.29, 1.82) is 0 Å². The molecule has 1 aromatic heterocycles. The van der Waals surface area contributed by atoms with E-state index in [9.17, 15) is 0 Å². The minimum atomic E-state index is 0.131. The first-order valence-corrected chi connectivity index (χ1v) is 8.41. The van der Waals surface area contributed by atoms with Gasteiger partial charge in [-0.25, -0.2) is 0 Å². The lowest BCUT2D eigenvalue weighted by Gasteiger charge is -2.41. The Hall–Kier alpha value is -0.0100. The van der Waals surface area contributed by atoms with Crippen LogP contribution in [0.5, 0.6) is 0 Å². The first kappa shape index (κ1) is 16.4. The molecule has 0 amide bonds. The number of aromatic nitrogens is 1. The van der Waals surface area contributed by atoms with E-state index in [4.69, 9.17) is 4.74 Å². The van der Waals surface area contributed by atoms with Crippen molar-refractivity contribution in [3.05, 3.63) is 26.9 Å². The Balaban J connectivity index is 1.85. The number of rotatable bonds is 5. The van der Waals surface area contributed by atoms with Gasteiger partial charge in [-0.15, -0.1) is 0 Å². The summed E-state index contributed by atoms with van der Waals surface area (Å²) in [7, 11) is 0. The van der Waals surface area contributed by atoms with Gasteiger partial charge in [0.05, 0.1) is 18.9 Å². The van der Waals surface area contributed by atoms with Crippen molar-refractivity contribution in [2.45, 2.75) is 25.9 Å². The van der Waals surface area contributed by atoms with Crippen LogP contribution in [-0.2, 0) is 11.3 Å². The molecule has 0 unspecified atom stereocenters. The van der Waals surface area contributed by atoms with E-state index in [1.807, 2.05) is 12.3 Å². The van der Waals surface area contributed by atoms with Crippen LogP contribution >= 0.6 is 31.9 Å². The third kappa shape index (κ3) is 4.49. The zero-order valence-corrected chi connectivity index (χ0v) is 15.1. The number of pyridine rings is 1. The van der Waals surface area contributed by atoms with Gasteiger partial charge in [-0.2, -0.15) is 0 Å². The summed E-state index contributed by atoms with van der Waals surface area (Å²) in [5.74, 6) is 0. The standard InChI is InChI=1S/C14H21Br2N3O/c1-14(2,19-3-5-20-6-4-19)10-17-9-13-12(16)7-11(15)8-18-13/h7-8,17H,3-6,9-10H2,1-2H3. The van der Waals surface area contributed by atoms with Crippen molar-refractivity contribution < 1.29 is 4.74 Å². The summed E-state index contributed by atoms with van der Waals surface area (Å²) >= 11 is 6.96. The number of nitrogens with one attached hydrogen (secondary N) is 1. The molecule has 1 aliphatic heterocycles. The van der Waals surface area contributed by atoms with Gasteiger partial charge in [0, 0.05) is 46.9 Å². The summed E-state index contributed by atoms with van der Waals surface area (Å²) in [6.45, 7) is 9.93. The van der Waals surface area contributed by atoms with Crippen LogP contribution in [-0.4, -0.2) is 48.3 Å². The molecule has 0 saturated carbocycles. The second-order valence-corrected chi connectivity index (χ2v) is 7.37. The molecule has 0 radical (unpaired) electrons. The Kier molecular flexibility index (Phi) is 5.98. The highest BCUT2D eigenvalue weighted by molar-refractivity contribution is 9.11. The average molecular weight is 407 g/mol. The van der Waals surface area contributed by atoms with E-state index in [1.54, 1.807) is 0 Å². The molecule has 1 fully saturated rings. The van der Waals surface area contributed by atoms with Crippen LogP contribution < -0.4 is 5.32 Å². The molecule has 2 rings (SSSR count). The first-order chi connectivity index (χ1) is 9.49. The summed E-state index contributed by atoms with van der Waals surface area (Å²) in [6, 6.07) is 2.02. The molecule has 1 aromatic rings. The van der Waals surface area contributed by atoms with Gasteiger partial charge in [-0.05, 0) is 51.8 Å². The predicted octanol–water partition coefficient (Wildman–Crippen LogP) is 2.81. The first-order valence-electron chi connectivity index (χ1n) is 6.82. The summed E-state index contributed by atoms with van der Waals surface area (Å²) < 4.78 is 7.43. The molecule has 1 N–H and O–H groups in total. The molecule has 1 aliphatic rings. The molecule has 0 bridgehead atoms. The van der Waals surface area contributed by atoms with Crippen molar-refractivity contribution in [1.82, 2.24) is 15.2 Å². The number of nitrogens with zero attached hydrogens (tertiary/aromatic N) is 2. The fourth-order valence-corrected chi connectivity index (χ4v) is 3.47. The van der Waals surface area contributed by atoms with Gasteiger partial charge in [0.25, 0.3) is 0 Å². The monoisotopic (exact) mass is 405 g/mol. The average Bonchev–Trinajstić information content (AvgIpc) is 2.42. The molecule has 0 aromatic carbocycles. The molecule has 0 aliphatic carbocycles. The normalized spacial score (nSPS) is 17.4. The van der Waals surface area contributed by atoms with E-state index < -0.39 is 0 Å². The Bertz CT molecular complexity index is 448. The van der Waals surface area contributed by atoms with Crippen LogP contribution in [0.25, 0.3) is 0 Å². The summed E-state index contributed by atoms with van der Waals surface area (Å²) in [5.41, 5.74) is 1.16. The van der Waals surface area contributed by atoms with Crippen LogP contribution in [0.15, 0.2) is 21.2 Å². The van der Waals surface area contributed by atoms with Gasteiger partial charge in [0.15, 0.2) is 0 Å². The van der Waals surface area contributed by atoms with Crippen LogP contribution in [0, 0.1) is 0 Å². The van der Waals surface area contributed by atoms with Crippen molar-refractivity contribution in [2.24, 2.45) is 0 Å². The topological polar surface area (TPSA) is 37.4 Å². The largest absolute Gasteiger partial charge is 0.379 e. The van der Waals surface area contributed by atoms with Gasteiger partial charge in [0.2, 0.25) is 0 Å². The van der Waals surface area contributed by atoms with Crippen LogP contribution in [0.2, 0.25) is 0 Å². The summed E-state index contributed by atoms with van der Waals surface area (Å²) in [5, 5.41) is 3.51. The smallest absolute Gasteiger partial charge is 0.0684 e. The van der Waals surface area contributed by atoms with Crippen molar-refractivity contribution in [2.75, 3.05) is 32.8 Å². The molecule has 20 heavy (non-hydrogen) atoms. The van der Waals surface area contributed by atoms with Gasteiger partial charge in [0.1, 0.15) is 0 Å². The molecule has 1 saturated heterocycles. The number of hydrogen-bond acceptors (Lipinski definition) is 4. The Morgan fingerprint density at radius 2 is 2.05 bits per heavy atom. The van der Waals surface area contributed by atoms with Crippen molar-refractivity contribution in [3.8, 4) is 0 Å². The molecule has 6 heteroatoms. The second-order valence-electron chi connectivity index (χ2n) is 5.60. The zero-order valence-electron chi connectivity index (χ0n) is 12.0. The number of halogens is 2. The van der Waals surface area contributed by atoms with E-state index in [0.717, 1.165) is 54.0 Å². The zero-order chi connectivity index (χ0) is 14.6. The predicted molar refractivity (Wildman–Crippen MR) is 87.8 cm³/mol. The van der Waals surface area contributed by atoms with E-state index in [-0.39, 0.29) is 5.54 Å². The number of ether oxygens (including phenoxy) is 1. The quantitative estimate of drug-likeness (QED) is 0.815. The van der Waals surface area contributed by atoms with Gasteiger partial charge >= 0.3 is 0 Å². The van der Waals surface area contributed by atoms with Gasteiger partial charge in [-0.3, -0.25) is 9.88 Å². The molecule has 112 valence electrons. The van der Waals surface area contributed by atoms with Gasteiger partial charge in [-0.1, -0.05) is 0 Å². The number of hydrogen-bond donors (Lipinski definition) is 1. The third-order valence-corrected chi connectivity index (χ3v) is 4.72. The second kappa shape index (κ2) is 7.31. The van der Waals surface area contributed by atoms with Crippen LogP contribution in [0.1, 0.15) is 19.5 Å². The fourth-order valence-electron chi connectivity index (χ4n) is 2.34. The minimum Gasteiger partial charge on any atom is -0.379 e. The van der Waals surface area contributed by atoms with E-state index in [1.165, 1.54) is 0 Å². The maximum atomic E-state index is 5.41. The Labute approximate surface area is 137 Å². The molecule has 0 atom stereocenters. The molecule has 4 nitrogen and oxygen atoms in total. The molecule has 0 spiro atoms. The maximum absolute atomic E-state index is 5.41. The minimum absolute atomic E-state index is 0.131. The fraction of sp³-hybridized carbons (Fsp3) is 0.643. The summed E-state index contributed by atoms with van der Waals surface area (Å²) in [4.78, 5) is 6.90. The summed E-state index contributed by atoms with van der Waals surface area (Å²) in [6.07, 6.45) is 1.83. The highest BCUT2D eigenvalue weighted by atomic mass is 79.9. The lowest BCUT2D eigenvalue weighted by atomic mass is 10.0. The highest BCUT2D eigenvalue weighted by Crippen LogP contribution is 2.20. The maximum Gasteiger partial charge on any atom is 0.0684 e.